The first-order valence-corrected chi connectivity index (χ1v) is 28.4. The van der Waals surface area contributed by atoms with Crippen LogP contribution in [0.3, 0.4) is 0 Å². The lowest BCUT2D eigenvalue weighted by Gasteiger charge is -2.27. The van der Waals surface area contributed by atoms with Crippen molar-refractivity contribution in [2.45, 2.75) is 96.9 Å². The van der Waals surface area contributed by atoms with Gasteiger partial charge < -0.3 is 21.3 Å². The lowest BCUT2D eigenvalue weighted by molar-refractivity contribution is 1.19. The van der Waals surface area contributed by atoms with Crippen LogP contribution in [0, 0.1) is 121 Å². The maximum atomic E-state index is 4.00. The van der Waals surface area contributed by atoms with Gasteiger partial charge in [0.2, 0.25) is 0 Å². The Balaban J connectivity index is 0.975. The van der Waals surface area contributed by atoms with Gasteiger partial charge in [0.15, 0.2) is 0 Å². The zero-order chi connectivity index (χ0) is 55.2. The Hall–Kier alpha value is -7.74. The number of benzene rings is 7. The molecule has 386 valence electrons. The molecule has 0 amide bonds. The highest BCUT2D eigenvalue weighted by Crippen LogP contribution is 2.41. The minimum atomic E-state index is 0.911. The Morgan fingerprint density at radius 3 is 0.962 bits per heavy atom. The van der Waals surface area contributed by atoms with Crippen LogP contribution >= 0.6 is 31.9 Å². The molecule has 0 unspecified atom stereocenters. The van der Waals surface area contributed by atoms with E-state index in [1.807, 2.05) is 0 Å². The third-order valence-electron chi connectivity index (χ3n) is 16.6. The molecule has 0 radical (unpaired) electrons. The second-order valence-corrected chi connectivity index (χ2v) is 23.4. The van der Waals surface area contributed by atoms with Gasteiger partial charge in [-0.25, -0.2) is 0 Å². The van der Waals surface area contributed by atoms with Crippen LogP contribution in [0.5, 0.6) is 0 Å². The van der Waals surface area contributed by atoms with Crippen molar-refractivity contribution in [3.8, 4) is 23.7 Å². The molecular weight excluding hydrogens is 1080 g/mol. The first-order chi connectivity index (χ1) is 37.3. The number of allylic oxidation sites excluding steroid dienone is 4. The standard InChI is InChI=1S/C72H64Br2N4/c1-37-31-39(3)61(40(4)32-37)59-29-27-53-23-25-57-35-55(67(77-71(57)69(53)75-59)63-43(7)47(11)65(73)48(12)44(63)8)21-19-51-15-17-52(18-16-51)20-22-56-36-58-26-24-54-28-30-60(62-41(5)33-38(2)34-42(62)6)76-70(54)72(58)78-68(56)64-45(9)49(13)66(74)50(14)46(64)10/h15-18,23-36,75-78H,1-14H3. The number of fused-ring (bicyclic) bond motifs is 6. The van der Waals surface area contributed by atoms with E-state index in [9.17, 15) is 0 Å². The van der Waals surface area contributed by atoms with Crippen LogP contribution in [0.1, 0.15) is 111 Å². The minimum absolute atomic E-state index is 0.911. The van der Waals surface area contributed by atoms with Crippen LogP contribution in [0.15, 0.2) is 105 Å². The topological polar surface area (TPSA) is 48.1 Å². The number of hydrogen-bond acceptors (Lipinski definition) is 4. The summed E-state index contributed by atoms with van der Waals surface area (Å²) in [7, 11) is 0. The predicted octanol–water partition coefficient (Wildman–Crippen LogP) is 15.4. The highest BCUT2D eigenvalue weighted by atomic mass is 79.9. The summed E-state index contributed by atoms with van der Waals surface area (Å²) in [6.07, 6.45) is 13.4. The van der Waals surface area contributed by atoms with Gasteiger partial charge in [-0.1, -0.05) is 127 Å². The Morgan fingerprint density at radius 2 is 0.628 bits per heavy atom. The van der Waals surface area contributed by atoms with Crippen LogP contribution in [-0.2, 0) is 0 Å². The number of halogens is 2. The Kier molecular flexibility index (Phi) is 13.6. The summed E-state index contributed by atoms with van der Waals surface area (Å²) >= 11 is 7.83. The molecule has 4 nitrogen and oxygen atoms in total. The van der Waals surface area contributed by atoms with Gasteiger partial charge in [-0.3, -0.25) is 0 Å². The molecule has 0 saturated heterocycles. The number of rotatable bonds is 4. The van der Waals surface area contributed by atoms with E-state index in [-0.39, 0.29) is 0 Å². The minimum Gasteiger partial charge on any atom is -0.353 e. The SMILES string of the molecule is Cc1cc(C)c(C2=CC=c3ccc4c(c3N2)NC(c2c(C)c(C)c(Br)c(C)c2C)=C(C#Cc2ccc(C#CC3=C(c5c(C)c(C)c(Br)c(C)c5C)Nc5c6c(ccc5=C3)=CC=C(c3c(C)cc(C)cc3C)N6)cc2)C=4)c(C)c1. The average molecular weight is 1150 g/mol. The summed E-state index contributed by atoms with van der Waals surface area (Å²) in [5.74, 6) is 14.5. The quantitative estimate of drug-likeness (QED) is 0.133. The van der Waals surface area contributed by atoms with Crippen molar-refractivity contribution in [3.05, 3.63) is 237 Å². The van der Waals surface area contributed by atoms with E-state index in [1.165, 1.54) is 100 Å². The second-order valence-electron chi connectivity index (χ2n) is 21.9. The van der Waals surface area contributed by atoms with Crippen molar-refractivity contribution in [1.82, 2.24) is 0 Å². The molecule has 7 aromatic carbocycles. The van der Waals surface area contributed by atoms with E-state index < -0.39 is 0 Å². The number of anilines is 4. The van der Waals surface area contributed by atoms with Gasteiger partial charge in [0.05, 0.1) is 34.1 Å². The number of hydrogen-bond donors (Lipinski definition) is 4. The molecule has 0 fully saturated rings. The Morgan fingerprint density at radius 1 is 0.321 bits per heavy atom. The maximum Gasteiger partial charge on any atom is 0.0704 e. The average Bonchev–Trinajstić information content (AvgIpc) is 3.62. The predicted molar refractivity (Wildman–Crippen MR) is 341 cm³/mol. The van der Waals surface area contributed by atoms with Crippen molar-refractivity contribution in [2.75, 3.05) is 21.3 Å². The first kappa shape index (κ1) is 52.3. The molecule has 4 N–H and O–H groups in total. The van der Waals surface area contributed by atoms with Gasteiger partial charge in [-0.2, -0.15) is 0 Å². The van der Waals surface area contributed by atoms with Crippen molar-refractivity contribution >= 4 is 102 Å². The lowest BCUT2D eigenvalue weighted by Crippen LogP contribution is -2.26. The molecule has 11 rings (SSSR count). The third-order valence-corrected chi connectivity index (χ3v) is 19.0. The lowest BCUT2D eigenvalue weighted by atomic mass is 9.88. The fraction of sp³-hybridized carbons (Fsp3) is 0.194. The molecule has 0 atom stereocenters. The van der Waals surface area contributed by atoms with Crippen LogP contribution < -0.4 is 42.1 Å². The molecule has 7 aromatic rings. The smallest absolute Gasteiger partial charge is 0.0704 e. The van der Waals surface area contributed by atoms with E-state index in [1.54, 1.807) is 0 Å². The van der Waals surface area contributed by atoms with Crippen molar-refractivity contribution < 1.29 is 0 Å². The van der Waals surface area contributed by atoms with E-state index in [2.05, 4.69) is 283 Å². The normalized spacial score (nSPS) is 13.8. The second kappa shape index (κ2) is 20.2. The highest BCUT2D eigenvalue weighted by Gasteiger charge is 2.27. The molecule has 0 saturated carbocycles. The van der Waals surface area contributed by atoms with Crippen molar-refractivity contribution in [3.63, 3.8) is 0 Å². The fourth-order valence-corrected chi connectivity index (χ4v) is 13.3. The zero-order valence-electron chi connectivity index (χ0n) is 47.1. The highest BCUT2D eigenvalue weighted by molar-refractivity contribution is 9.11. The first-order valence-electron chi connectivity index (χ1n) is 26.8. The molecule has 6 heteroatoms. The summed E-state index contributed by atoms with van der Waals surface area (Å²) in [6, 6.07) is 26.2. The molecule has 78 heavy (non-hydrogen) atoms. The monoisotopic (exact) mass is 1140 g/mol. The molecule has 4 heterocycles. The van der Waals surface area contributed by atoms with Gasteiger partial charge in [-0.05, 0) is 212 Å². The van der Waals surface area contributed by atoms with Crippen LogP contribution in [-0.4, -0.2) is 0 Å². The van der Waals surface area contributed by atoms with Gasteiger partial charge in [-0.15, -0.1) is 0 Å². The van der Waals surface area contributed by atoms with Gasteiger partial charge in [0, 0.05) is 85.7 Å². The van der Waals surface area contributed by atoms with Gasteiger partial charge in [0.25, 0.3) is 0 Å². The van der Waals surface area contributed by atoms with E-state index >= 15 is 0 Å². The van der Waals surface area contributed by atoms with E-state index in [0.29, 0.717) is 0 Å². The molecule has 0 aliphatic carbocycles. The maximum absolute atomic E-state index is 4.00. The number of aryl methyl sites for hydroxylation is 6. The van der Waals surface area contributed by atoms with Gasteiger partial charge in [0.1, 0.15) is 0 Å². The molecule has 0 aromatic heterocycles. The molecule has 4 aliphatic heterocycles. The molecule has 0 spiro atoms. The van der Waals surface area contributed by atoms with Crippen LogP contribution in [0.25, 0.3) is 47.1 Å². The van der Waals surface area contributed by atoms with E-state index in [0.717, 1.165) is 97.6 Å². The summed E-state index contributed by atoms with van der Waals surface area (Å²) < 4.78 is 2.29. The van der Waals surface area contributed by atoms with Crippen molar-refractivity contribution in [1.29, 1.82) is 0 Å². The summed E-state index contributed by atoms with van der Waals surface area (Å²) in [6.45, 7) is 30.8. The molecule has 0 bridgehead atoms. The summed E-state index contributed by atoms with van der Waals surface area (Å²) in [5, 5.41) is 20.2. The largest absolute Gasteiger partial charge is 0.353 e. The van der Waals surface area contributed by atoms with E-state index in [4.69, 9.17) is 0 Å². The van der Waals surface area contributed by atoms with Crippen molar-refractivity contribution in [2.24, 2.45) is 0 Å². The molecular formula is C72H64Br2N4. The third kappa shape index (κ3) is 9.10. The van der Waals surface area contributed by atoms with Crippen LogP contribution in [0.2, 0.25) is 0 Å². The Labute approximate surface area is 477 Å². The Bertz CT molecular complexity index is 4030. The molecule has 4 aliphatic rings. The van der Waals surface area contributed by atoms with Gasteiger partial charge >= 0.3 is 0 Å². The van der Waals surface area contributed by atoms with Crippen LogP contribution in [0.4, 0.5) is 22.7 Å². The fourth-order valence-electron chi connectivity index (χ4n) is 12.2. The zero-order valence-corrected chi connectivity index (χ0v) is 50.3. The summed E-state index contributed by atoms with van der Waals surface area (Å²) in [5.41, 5.74) is 34.3. The summed E-state index contributed by atoms with van der Waals surface area (Å²) in [4.78, 5) is 0. The number of nitrogens with one attached hydrogen (secondary N) is 4.